The first-order valence-corrected chi connectivity index (χ1v) is 7.09. The van der Waals surface area contributed by atoms with Gasteiger partial charge in [0.15, 0.2) is 11.5 Å². The predicted molar refractivity (Wildman–Crippen MR) is 79.4 cm³/mol. The van der Waals surface area contributed by atoms with Gasteiger partial charge in [-0.05, 0) is 12.8 Å². The van der Waals surface area contributed by atoms with Crippen molar-refractivity contribution < 1.29 is 19.0 Å². The molecule has 1 aliphatic carbocycles. The lowest BCUT2D eigenvalue weighted by Gasteiger charge is -2.27. The van der Waals surface area contributed by atoms with Crippen LogP contribution in [0.2, 0.25) is 5.02 Å². The Morgan fingerprint density at radius 2 is 1.76 bits per heavy atom. The van der Waals surface area contributed by atoms with Gasteiger partial charge in [-0.1, -0.05) is 24.4 Å². The van der Waals surface area contributed by atoms with Gasteiger partial charge >= 0.3 is 0 Å². The molecule has 2 rings (SSSR count). The Bertz CT molecular complexity index is 576. The van der Waals surface area contributed by atoms with Gasteiger partial charge < -0.3 is 14.2 Å². The minimum absolute atomic E-state index is 0.370. The zero-order valence-corrected chi connectivity index (χ0v) is 13.1. The van der Waals surface area contributed by atoms with Crippen LogP contribution in [0.25, 0.3) is 0 Å². The van der Waals surface area contributed by atoms with E-state index >= 15 is 0 Å². The molecule has 0 unspecified atom stereocenters. The molecule has 0 atom stereocenters. The monoisotopic (exact) mass is 311 g/mol. The lowest BCUT2D eigenvalue weighted by molar-refractivity contribution is 0.340. The third-order valence-electron chi connectivity index (χ3n) is 3.95. The molecule has 1 fully saturated rings. The van der Waals surface area contributed by atoms with Crippen LogP contribution in [0.4, 0.5) is 0 Å². The molecule has 0 heterocycles. The number of methoxy groups -OCH3 is 3. The molecule has 0 amide bonds. The molecule has 6 heteroatoms. The number of rotatable bonds is 5. The van der Waals surface area contributed by atoms with E-state index in [1.807, 2.05) is 0 Å². The van der Waals surface area contributed by atoms with Gasteiger partial charge in [0.05, 0.1) is 26.4 Å². The molecule has 0 aromatic heterocycles. The summed E-state index contributed by atoms with van der Waals surface area (Å²) in [4.78, 5) is 15.0. The van der Waals surface area contributed by atoms with Crippen molar-refractivity contribution in [3.63, 3.8) is 0 Å². The minimum Gasteiger partial charge on any atom is -0.496 e. The molecular formula is C15H18ClNO4. The van der Waals surface area contributed by atoms with E-state index in [-0.39, 0.29) is 0 Å². The molecular weight excluding hydrogens is 294 g/mol. The number of isocyanates is 1. The summed E-state index contributed by atoms with van der Waals surface area (Å²) in [7, 11) is 4.60. The van der Waals surface area contributed by atoms with E-state index < -0.39 is 5.54 Å². The summed E-state index contributed by atoms with van der Waals surface area (Å²) in [6.45, 7) is 0. The fourth-order valence-corrected chi connectivity index (χ4v) is 3.43. The van der Waals surface area contributed by atoms with Gasteiger partial charge in [0.25, 0.3) is 0 Å². The number of halogens is 1. The van der Waals surface area contributed by atoms with Gasteiger partial charge in [-0.3, -0.25) is 0 Å². The summed E-state index contributed by atoms with van der Waals surface area (Å²) in [6, 6.07) is 1.71. The standard InChI is InChI=1S/C15H18ClNO4/c1-19-10-8-11(20-2)14(21-3)13(16)12(10)15(17-9-18)6-4-5-7-15/h8H,4-7H2,1-3H3. The zero-order valence-electron chi connectivity index (χ0n) is 12.4. The van der Waals surface area contributed by atoms with Crippen LogP contribution in [-0.4, -0.2) is 27.4 Å². The van der Waals surface area contributed by atoms with Crippen LogP contribution < -0.4 is 14.2 Å². The average Bonchev–Trinajstić information content (AvgIpc) is 2.95. The Kier molecular flexibility index (Phi) is 4.76. The van der Waals surface area contributed by atoms with E-state index in [1.165, 1.54) is 14.2 Å². The Hall–Kier alpha value is -1.71. The molecule has 114 valence electrons. The Balaban J connectivity index is 2.74. The number of benzene rings is 1. The number of carbonyl (C=O) groups excluding carboxylic acids is 1. The van der Waals surface area contributed by atoms with E-state index in [4.69, 9.17) is 25.8 Å². The van der Waals surface area contributed by atoms with Crippen molar-refractivity contribution in [1.29, 1.82) is 0 Å². The van der Waals surface area contributed by atoms with Crippen LogP contribution in [0.3, 0.4) is 0 Å². The smallest absolute Gasteiger partial charge is 0.235 e. The molecule has 0 aliphatic heterocycles. The highest BCUT2D eigenvalue weighted by molar-refractivity contribution is 6.33. The summed E-state index contributed by atoms with van der Waals surface area (Å²) in [5.74, 6) is 1.44. The maximum Gasteiger partial charge on any atom is 0.235 e. The highest BCUT2D eigenvalue weighted by Gasteiger charge is 2.41. The molecule has 0 saturated heterocycles. The third-order valence-corrected chi connectivity index (χ3v) is 4.31. The molecule has 21 heavy (non-hydrogen) atoms. The van der Waals surface area contributed by atoms with Crippen molar-refractivity contribution in [2.24, 2.45) is 4.99 Å². The van der Waals surface area contributed by atoms with E-state index in [1.54, 1.807) is 19.3 Å². The van der Waals surface area contributed by atoms with Crippen LogP contribution in [0.5, 0.6) is 17.2 Å². The first-order chi connectivity index (χ1) is 10.1. The van der Waals surface area contributed by atoms with Crippen molar-refractivity contribution in [3.8, 4) is 17.2 Å². The van der Waals surface area contributed by atoms with Crippen molar-refractivity contribution in [2.45, 2.75) is 31.2 Å². The van der Waals surface area contributed by atoms with Crippen LogP contribution in [0, 0.1) is 0 Å². The molecule has 0 N–H and O–H groups in total. The summed E-state index contributed by atoms with van der Waals surface area (Å²) >= 11 is 6.51. The number of nitrogens with zero attached hydrogens (tertiary/aromatic N) is 1. The fraction of sp³-hybridized carbons (Fsp3) is 0.533. The largest absolute Gasteiger partial charge is 0.496 e. The second-order valence-electron chi connectivity index (χ2n) is 4.95. The van der Waals surface area contributed by atoms with Crippen molar-refractivity contribution >= 4 is 17.7 Å². The number of ether oxygens (including phenoxy) is 3. The Morgan fingerprint density at radius 1 is 1.14 bits per heavy atom. The van der Waals surface area contributed by atoms with Crippen LogP contribution >= 0.6 is 11.6 Å². The first kappa shape index (κ1) is 15.7. The fourth-order valence-electron chi connectivity index (χ4n) is 2.99. The van der Waals surface area contributed by atoms with E-state index in [0.29, 0.717) is 27.8 Å². The zero-order chi connectivity index (χ0) is 15.5. The highest BCUT2D eigenvalue weighted by atomic mass is 35.5. The normalized spacial score (nSPS) is 16.2. The molecule has 1 aromatic rings. The van der Waals surface area contributed by atoms with E-state index in [9.17, 15) is 4.79 Å². The van der Waals surface area contributed by atoms with E-state index in [0.717, 1.165) is 25.7 Å². The summed E-state index contributed by atoms with van der Waals surface area (Å²) in [5.41, 5.74) is -0.0193. The number of aliphatic imine (C=N–C) groups is 1. The quantitative estimate of drug-likeness (QED) is 0.617. The maximum atomic E-state index is 10.9. The maximum absolute atomic E-state index is 10.9. The number of hydrogen-bond acceptors (Lipinski definition) is 5. The molecule has 5 nitrogen and oxygen atoms in total. The molecule has 1 saturated carbocycles. The second kappa shape index (κ2) is 6.37. The van der Waals surface area contributed by atoms with Gasteiger partial charge in [-0.15, -0.1) is 0 Å². The second-order valence-corrected chi connectivity index (χ2v) is 5.32. The average molecular weight is 312 g/mol. The van der Waals surface area contributed by atoms with Crippen LogP contribution in [0.15, 0.2) is 11.1 Å². The molecule has 1 aliphatic rings. The lowest BCUT2D eigenvalue weighted by atomic mass is 9.87. The van der Waals surface area contributed by atoms with Gasteiger partial charge in [-0.2, -0.15) is 4.99 Å². The SMILES string of the molecule is COc1cc(OC)c(C2(N=C=O)CCCC2)c(Cl)c1OC. The van der Waals surface area contributed by atoms with Crippen LogP contribution in [-0.2, 0) is 10.3 Å². The Morgan fingerprint density at radius 3 is 2.24 bits per heavy atom. The Labute approximate surface area is 128 Å². The molecule has 0 radical (unpaired) electrons. The van der Waals surface area contributed by atoms with Crippen molar-refractivity contribution in [3.05, 3.63) is 16.7 Å². The van der Waals surface area contributed by atoms with Crippen molar-refractivity contribution in [2.75, 3.05) is 21.3 Å². The minimum atomic E-state index is -0.691. The molecule has 0 bridgehead atoms. The van der Waals surface area contributed by atoms with Gasteiger partial charge in [0, 0.05) is 11.6 Å². The molecule has 0 spiro atoms. The first-order valence-electron chi connectivity index (χ1n) is 6.71. The topological polar surface area (TPSA) is 57.1 Å². The molecule has 1 aromatic carbocycles. The predicted octanol–water partition coefficient (Wildman–Crippen LogP) is 3.47. The van der Waals surface area contributed by atoms with Crippen molar-refractivity contribution in [1.82, 2.24) is 0 Å². The summed E-state index contributed by atoms with van der Waals surface area (Å²) < 4.78 is 16.1. The lowest BCUT2D eigenvalue weighted by Crippen LogP contribution is -2.21. The van der Waals surface area contributed by atoms with Gasteiger partial charge in [0.2, 0.25) is 6.08 Å². The van der Waals surface area contributed by atoms with Gasteiger partial charge in [0.1, 0.15) is 11.3 Å². The third kappa shape index (κ3) is 2.59. The summed E-state index contributed by atoms with van der Waals surface area (Å²) in [5, 5.41) is 0.370. The van der Waals surface area contributed by atoms with E-state index in [2.05, 4.69) is 4.99 Å². The highest BCUT2D eigenvalue weighted by Crippen LogP contribution is 2.53. The number of hydrogen-bond donors (Lipinski definition) is 0. The van der Waals surface area contributed by atoms with Gasteiger partial charge in [-0.25, -0.2) is 4.79 Å². The van der Waals surface area contributed by atoms with Crippen LogP contribution in [0.1, 0.15) is 31.2 Å². The summed E-state index contributed by atoms with van der Waals surface area (Å²) in [6.07, 6.45) is 5.08.